The van der Waals surface area contributed by atoms with Crippen LogP contribution in [0, 0.1) is 51.2 Å². The largest absolute Gasteiger partial charge is 0.390 e. The van der Waals surface area contributed by atoms with E-state index in [1.807, 2.05) is 0 Å². The minimum atomic E-state index is -0.607. The second-order valence-electron chi connectivity index (χ2n) is 14.6. The molecule has 0 unspecified atom stereocenters. The average Bonchev–Trinajstić information content (AvgIpc) is 3.08. The molecule has 0 bridgehead atoms. The number of rotatable bonds is 5. The van der Waals surface area contributed by atoms with E-state index in [0.717, 1.165) is 32.1 Å². The van der Waals surface area contributed by atoms with Crippen molar-refractivity contribution < 1.29 is 9.90 Å². The van der Waals surface area contributed by atoms with Crippen LogP contribution >= 0.6 is 0 Å². The van der Waals surface area contributed by atoms with Gasteiger partial charge in [-0.2, -0.15) is 0 Å². The summed E-state index contributed by atoms with van der Waals surface area (Å²) >= 11 is 0. The molecule has 33 heavy (non-hydrogen) atoms. The smallest absolute Gasteiger partial charge is 0.138 e. The molecule has 0 radical (unpaired) electrons. The highest BCUT2D eigenvalue weighted by molar-refractivity contribution is 5.85. The summed E-state index contributed by atoms with van der Waals surface area (Å²) in [5, 5.41) is 11.7. The van der Waals surface area contributed by atoms with Crippen molar-refractivity contribution in [1.29, 1.82) is 0 Å². The lowest BCUT2D eigenvalue weighted by molar-refractivity contribution is -0.207. The SMILES string of the molecule is C=C(CC[C@@](C)(O)[C@H]1CC[C@]2(C)[C@@H]1CC[C@@H]1[C@@]3(C)CCC(=O)C(C)(C)[C@H]3CC[C@]12C)C(C)C. The fourth-order valence-corrected chi connectivity index (χ4v) is 10.2. The van der Waals surface area contributed by atoms with E-state index < -0.39 is 5.60 Å². The molecule has 1 N–H and O–H groups in total. The number of carbonyl (C=O) groups excluding carboxylic acids is 1. The van der Waals surface area contributed by atoms with Gasteiger partial charge in [0.05, 0.1) is 5.60 Å². The molecule has 188 valence electrons. The second-order valence-corrected chi connectivity index (χ2v) is 14.6. The summed E-state index contributed by atoms with van der Waals surface area (Å²) in [6.45, 7) is 23.1. The predicted octanol–water partition coefficient (Wildman–Crippen LogP) is 7.98. The van der Waals surface area contributed by atoms with Crippen molar-refractivity contribution in [1.82, 2.24) is 0 Å². The minimum Gasteiger partial charge on any atom is -0.390 e. The molecule has 2 heteroatoms. The van der Waals surface area contributed by atoms with E-state index >= 15 is 0 Å². The van der Waals surface area contributed by atoms with Crippen LogP contribution in [0.15, 0.2) is 12.2 Å². The number of aliphatic hydroxyl groups is 1. The monoisotopic (exact) mass is 456 g/mol. The Bertz CT molecular complexity index is 806. The standard InChI is InChI=1S/C31H52O2/c1-20(2)21(3)12-19-31(9,33)23-13-17-29(7)22(23)10-11-25-28(6)16-15-26(32)27(4,5)24(28)14-18-30(25,29)8/h20,22-25,33H,3,10-19H2,1-2,4-9H3/t22-,23+,24-,25-,28+,29-,30-,31-/m1/s1. The number of hydrogen-bond donors (Lipinski definition) is 1. The Morgan fingerprint density at radius 2 is 1.64 bits per heavy atom. The molecular weight excluding hydrogens is 404 g/mol. The normalized spacial score (nSPS) is 46.3. The Balaban J connectivity index is 1.60. The zero-order valence-electron chi connectivity index (χ0n) is 23.0. The summed E-state index contributed by atoms with van der Waals surface area (Å²) in [4.78, 5) is 12.9. The molecule has 0 aromatic carbocycles. The molecule has 0 aromatic heterocycles. The van der Waals surface area contributed by atoms with Gasteiger partial charge in [-0.15, -0.1) is 0 Å². The second kappa shape index (κ2) is 7.94. The quantitative estimate of drug-likeness (QED) is 0.426. The lowest BCUT2D eigenvalue weighted by atomic mass is 9.35. The molecule has 0 aliphatic heterocycles. The summed E-state index contributed by atoms with van der Waals surface area (Å²) in [6, 6.07) is 0. The van der Waals surface area contributed by atoms with Crippen LogP contribution in [0.4, 0.5) is 0 Å². The van der Waals surface area contributed by atoms with Crippen molar-refractivity contribution in [3.63, 3.8) is 0 Å². The van der Waals surface area contributed by atoms with Crippen LogP contribution in [-0.4, -0.2) is 16.5 Å². The van der Waals surface area contributed by atoms with Gasteiger partial charge in [-0.25, -0.2) is 0 Å². The Kier molecular flexibility index (Phi) is 6.13. The maximum Gasteiger partial charge on any atom is 0.138 e. The van der Waals surface area contributed by atoms with Gasteiger partial charge in [0, 0.05) is 11.8 Å². The fourth-order valence-electron chi connectivity index (χ4n) is 10.2. The topological polar surface area (TPSA) is 37.3 Å². The van der Waals surface area contributed by atoms with Crippen molar-refractivity contribution in [3.8, 4) is 0 Å². The van der Waals surface area contributed by atoms with Crippen LogP contribution in [0.3, 0.4) is 0 Å². The molecule has 0 saturated heterocycles. The highest BCUT2D eigenvalue weighted by Gasteiger charge is 2.69. The van der Waals surface area contributed by atoms with Crippen LogP contribution in [-0.2, 0) is 4.79 Å². The Hall–Kier alpha value is -0.630. The lowest BCUT2D eigenvalue weighted by Gasteiger charge is -2.69. The molecular formula is C31H52O2. The van der Waals surface area contributed by atoms with Gasteiger partial charge in [-0.1, -0.05) is 60.6 Å². The summed E-state index contributed by atoms with van der Waals surface area (Å²) in [6.07, 6.45) is 11.0. The lowest BCUT2D eigenvalue weighted by Crippen LogP contribution is -2.63. The van der Waals surface area contributed by atoms with E-state index in [1.165, 1.54) is 37.7 Å². The van der Waals surface area contributed by atoms with E-state index in [1.54, 1.807) is 0 Å². The van der Waals surface area contributed by atoms with Crippen LogP contribution < -0.4 is 0 Å². The zero-order chi connectivity index (χ0) is 24.6. The first-order valence-electron chi connectivity index (χ1n) is 14.0. The first kappa shape index (κ1) is 25.5. The molecule has 0 heterocycles. The first-order chi connectivity index (χ1) is 15.1. The van der Waals surface area contributed by atoms with Gasteiger partial charge in [0.1, 0.15) is 5.78 Å². The van der Waals surface area contributed by atoms with Crippen LogP contribution in [0.25, 0.3) is 0 Å². The third kappa shape index (κ3) is 3.54. The van der Waals surface area contributed by atoms with Gasteiger partial charge < -0.3 is 5.11 Å². The van der Waals surface area contributed by atoms with Gasteiger partial charge in [-0.3, -0.25) is 4.79 Å². The Morgan fingerprint density at radius 1 is 1.00 bits per heavy atom. The Labute approximate surface area is 204 Å². The molecule has 0 amide bonds. The molecule has 8 atom stereocenters. The minimum absolute atomic E-state index is 0.174. The molecule has 4 fully saturated rings. The summed E-state index contributed by atoms with van der Waals surface area (Å²) in [5.74, 6) is 3.21. The van der Waals surface area contributed by atoms with E-state index in [9.17, 15) is 9.90 Å². The molecule has 4 aliphatic carbocycles. The Morgan fingerprint density at radius 3 is 2.27 bits per heavy atom. The van der Waals surface area contributed by atoms with Crippen LogP contribution in [0.1, 0.15) is 120 Å². The predicted molar refractivity (Wildman–Crippen MR) is 138 cm³/mol. The van der Waals surface area contributed by atoms with Crippen molar-refractivity contribution in [2.45, 2.75) is 125 Å². The van der Waals surface area contributed by atoms with Gasteiger partial charge in [0.25, 0.3) is 0 Å². The van der Waals surface area contributed by atoms with Crippen molar-refractivity contribution in [2.24, 2.45) is 51.2 Å². The zero-order valence-corrected chi connectivity index (χ0v) is 23.0. The summed E-state index contributed by atoms with van der Waals surface area (Å²) in [7, 11) is 0. The van der Waals surface area contributed by atoms with Crippen LogP contribution in [0.5, 0.6) is 0 Å². The third-order valence-electron chi connectivity index (χ3n) is 12.7. The molecule has 4 rings (SSSR count). The number of carbonyl (C=O) groups is 1. The van der Waals surface area contributed by atoms with Gasteiger partial charge >= 0.3 is 0 Å². The molecule has 2 nitrogen and oxygen atoms in total. The van der Waals surface area contributed by atoms with Gasteiger partial charge in [0.2, 0.25) is 0 Å². The fraction of sp³-hybridized carbons (Fsp3) is 0.903. The van der Waals surface area contributed by atoms with Gasteiger partial charge in [0.15, 0.2) is 0 Å². The number of Topliss-reactive ketones (excluding diaryl/α,β-unsaturated/α-hetero) is 1. The maximum atomic E-state index is 12.9. The van der Waals surface area contributed by atoms with E-state index in [0.29, 0.717) is 46.2 Å². The number of hydrogen-bond acceptors (Lipinski definition) is 2. The number of allylic oxidation sites excluding steroid dienone is 1. The molecule has 4 saturated carbocycles. The molecule has 0 aromatic rings. The van der Waals surface area contributed by atoms with Crippen molar-refractivity contribution in [3.05, 3.63) is 12.2 Å². The van der Waals surface area contributed by atoms with Gasteiger partial charge in [-0.05, 0) is 111 Å². The first-order valence-corrected chi connectivity index (χ1v) is 14.0. The number of fused-ring (bicyclic) bond motifs is 5. The summed E-state index contributed by atoms with van der Waals surface area (Å²) < 4.78 is 0. The summed E-state index contributed by atoms with van der Waals surface area (Å²) in [5.41, 5.74) is 1.36. The van der Waals surface area contributed by atoms with E-state index in [4.69, 9.17) is 0 Å². The molecule has 4 aliphatic rings. The third-order valence-corrected chi connectivity index (χ3v) is 12.7. The highest BCUT2D eigenvalue weighted by atomic mass is 16.3. The van der Waals surface area contributed by atoms with Crippen LogP contribution in [0.2, 0.25) is 0 Å². The molecule has 0 spiro atoms. The highest BCUT2D eigenvalue weighted by Crippen LogP contribution is 2.75. The maximum absolute atomic E-state index is 12.9. The van der Waals surface area contributed by atoms with E-state index in [-0.39, 0.29) is 10.8 Å². The van der Waals surface area contributed by atoms with E-state index in [2.05, 4.69) is 62.0 Å². The average molecular weight is 457 g/mol. The van der Waals surface area contributed by atoms with Crippen molar-refractivity contribution in [2.75, 3.05) is 0 Å². The number of ketones is 1. The van der Waals surface area contributed by atoms with Crippen molar-refractivity contribution >= 4 is 5.78 Å².